The molecule has 0 aliphatic heterocycles. The van der Waals surface area contributed by atoms with E-state index in [1.807, 2.05) is 11.9 Å². The summed E-state index contributed by atoms with van der Waals surface area (Å²) in [6.45, 7) is 3.95. The normalized spacial score (nSPS) is 11.5. The van der Waals surface area contributed by atoms with Crippen molar-refractivity contribution in [2.75, 3.05) is 73.6 Å². The summed E-state index contributed by atoms with van der Waals surface area (Å²) in [6, 6.07) is 0. The van der Waals surface area contributed by atoms with Gasteiger partial charge in [-0.3, -0.25) is 24.0 Å². The highest BCUT2D eigenvalue weighted by molar-refractivity contribution is 5.77. The van der Waals surface area contributed by atoms with E-state index < -0.39 is 0 Å². The summed E-state index contributed by atoms with van der Waals surface area (Å²) in [6.07, 6.45) is 3.50. The van der Waals surface area contributed by atoms with Gasteiger partial charge in [-0.2, -0.15) is 0 Å². The third-order valence-electron chi connectivity index (χ3n) is 5.98. The van der Waals surface area contributed by atoms with E-state index in [0.29, 0.717) is 97.3 Å². The number of nitrogens with zero attached hydrogens (tertiary/aromatic N) is 1. The van der Waals surface area contributed by atoms with Gasteiger partial charge in [-0.15, -0.1) is 0 Å². The summed E-state index contributed by atoms with van der Waals surface area (Å²) >= 11 is 0. The number of methoxy groups -OCH3 is 1. The van der Waals surface area contributed by atoms with Crippen LogP contribution in [0.2, 0.25) is 0 Å². The van der Waals surface area contributed by atoms with Crippen LogP contribution in [0.4, 0.5) is 0 Å². The van der Waals surface area contributed by atoms with Gasteiger partial charge >= 0.3 is 5.97 Å². The minimum atomic E-state index is -0.294. The molecular formula is C25H49N7O6. The molecule has 220 valence electrons. The van der Waals surface area contributed by atoms with E-state index in [9.17, 15) is 24.0 Å². The van der Waals surface area contributed by atoms with Crippen molar-refractivity contribution in [1.82, 2.24) is 31.5 Å². The molecule has 0 aromatic heterocycles. The molecule has 0 heterocycles. The monoisotopic (exact) mass is 543 g/mol. The van der Waals surface area contributed by atoms with Crippen LogP contribution in [0.3, 0.4) is 0 Å². The third kappa shape index (κ3) is 21.3. The van der Waals surface area contributed by atoms with Crippen LogP contribution < -0.4 is 32.3 Å². The second-order valence-corrected chi connectivity index (χ2v) is 9.12. The van der Waals surface area contributed by atoms with Crippen LogP contribution >= 0.6 is 0 Å². The van der Waals surface area contributed by atoms with Crippen molar-refractivity contribution < 1.29 is 28.7 Å². The van der Waals surface area contributed by atoms with Gasteiger partial charge in [0.15, 0.2) is 0 Å². The van der Waals surface area contributed by atoms with E-state index in [4.69, 9.17) is 10.5 Å². The van der Waals surface area contributed by atoms with Crippen molar-refractivity contribution in [3.05, 3.63) is 0 Å². The molecule has 0 aromatic rings. The molecule has 0 spiro atoms. The van der Waals surface area contributed by atoms with E-state index in [1.165, 1.54) is 7.11 Å². The van der Waals surface area contributed by atoms with Gasteiger partial charge in [0.25, 0.3) is 0 Å². The number of amides is 4. The number of hydrogen-bond acceptors (Lipinski definition) is 9. The Hall–Kier alpha value is -2.77. The highest BCUT2D eigenvalue weighted by Gasteiger charge is 2.15. The predicted molar refractivity (Wildman–Crippen MR) is 145 cm³/mol. The summed E-state index contributed by atoms with van der Waals surface area (Å²) in [5.41, 5.74) is 5.40. The van der Waals surface area contributed by atoms with E-state index in [0.717, 1.165) is 0 Å². The molecule has 1 unspecified atom stereocenters. The average Bonchev–Trinajstić information content (AvgIpc) is 2.91. The van der Waals surface area contributed by atoms with Gasteiger partial charge in [-0.1, -0.05) is 0 Å². The van der Waals surface area contributed by atoms with Gasteiger partial charge in [-0.05, 0) is 32.2 Å². The van der Waals surface area contributed by atoms with Crippen molar-refractivity contribution in [1.29, 1.82) is 0 Å². The van der Waals surface area contributed by atoms with Crippen LogP contribution in [0.15, 0.2) is 0 Å². The lowest BCUT2D eigenvalue weighted by atomic mass is 9.94. The summed E-state index contributed by atoms with van der Waals surface area (Å²) < 4.78 is 4.71. The Kier molecular flexibility index (Phi) is 21.7. The second kappa shape index (κ2) is 23.4. The number of hydrogen-bond donors (Lipinski definition) is 6. The number of carbonyl (C=O) groups is 5. The van der Waals surface area contributed by atoms with Crippen molar-refractivity contribution in [2.45, 2.75) is 51.4 Å². The number of nitrogens with two attached hydrogens (primary N) is 1. The molecular weight excluding hydrogens is 494 g/mol. The predicted octanol–water partition coefficient (Wildman–Crippen LogP) is -1.53. The van der Waals surface area contributed by atoms with Crippen LogP contribution in [0, 0.1) is 5.92 Å². The summed E-state index contributed by atoms with van der Waals surface area (Å²) in [7, 11) is 4.80. The van der Waals surface area contributed by atoms with Gasteiger partial charge in [0.1, 0.15) is 0 Å². The Bertz CT molecular complexity index is 708. The molecule has 7 N–H and O–H groups in total. The Balaban J connectivity index is 4.09. The van der Waals surface area contributed by atoms with E-state index in [1.54, 1.807) is 7.05 Å². The maximum atomic E-state index is 12.3. The number of carbonyl (C=O) groups excluding carboxylic acids is 5. The van der Waals surface area contributed by atoms with Gasteiger partial charge in [0, 0.05) is 91.5 Å². The maximum Gasteiger partial charge on any atom is 0.305 e. The number of esters is 1. The van der Waals surface area contributed by atoms with E-state index in [-0.39, 0.29) is 41.9 Å². The lowest BCUT2D eigenvalue weighted by molar-refractivity contribution is -0.141. The van der Waals surface area contributed by atoms with Crippen molar-refractivity contribution in [3.8, 4) is 0 Å². The molecule has 0 bridgehead atoms. The van der Waals surface area contributed by atoms with Crippen LogP contribution in [0.5, 0.6) is 0 Å². The first-order chi connectivity index (χ1) is 18.2. The fourth-order valence-corrected chi connectivity index (χ4v) is 3.52. The molecule has 38 heavy (non-hydrogen) atoms. The van der Waals surface area contributed by atoms with Crippen LogP contribution in [-0.4, -0.2) is 108 Å². The Morgan fingerprint density at radius 1 is 0.711 bits per heavy atom. The Morgan fingerprint density at radius 3 is 1.89 bits per heavy atom. The summed E-state index contributed by atoms with van der Waals surface area (Å²) in [5, 5.41) is 14.1. The average molecular weight is 544 g/mol. The first-order valence-electron chi connectivity index (χ1n) is 13.4. The highest BCUT2D eigenvalue weighted by atomic mass is 16.5. The van der Waals surface area contributed by atoms with Gasteiger partial charge in [-0.25, -0.2) is 0 Å². The molecule has 0 saturated heterocycles. The lowest BCUT2D eigenvalue weighted by Crippen LogP contribution is -2.35. The van der Waals surface area contributed by atoms with Crippen molar-refractivity contribution in [2.24, 2.45) is 11.7 Å². The third-order valence-corrected chi connectivity index (χ3v) is 5.98. The van der Waals surface area contributed by atoms with Gasteiger partial charge < -0.3 is 42.0 Å². The number of ether oxygens (including phenoxy) is 1. The molecule has 0 aliphatic carbocycles. The van der Waals surface area contributed by atoms with E-state index in [2.05, 4.69) is 26.6 Å². The number of rotatable bonds is 23. The zero-order valence-electron chi connectivity index (χ0n) is 23.4. The largest absolute Gasteiger partial charge is 0.469 e. The molecule has 4 amide bonds. The number of nitrogens with one attached hydrogen (secondary N) is 5. The fourth-order valence-electron chi connectivity index (χ4n) is 3.52. The summed E-state index contributed by atoms with van der Waals surface area (Å²) in [4.78, 5) is 60.7. The first-order valence-corrected chi connectivity index (χ1v) is 13.4. The highest BCUT2D eigenvalue weighted by Crippen LogP contribution is 2.18. The van der Waals surface area contributed by atoms with Crippen LogP contribution in [0.25, 0.3) is 0 Å². The molecule has 0 aliphatic rings. The standard InChI is InChI=1S/C25H49N7O6/c1-27-21(33)9-13-28-16-17-31-24(36)11-19-32(2)18-10-23(35)29-14-8-20(5-7-25(37)38-3)4-6-22(34)30-15-12-26/h20,28H,4-19,26H2,1-3H3,(H,27,33)(H,29,35)(H,30,34)(H,31,36). The molecule has 0 aromatic carbocycles. The summed E-state index contributed by atoms with van der Waals surface area (Å²) in [5.74, 6) is -0.448. The van der Waals surface area contributed by atoms with Crippen LogP contribution in [0.1, 0.15) is 51.4 Å². The fraction of sp³-hybridized carbons (Fsp3) is 0.800. The molecule has 0 radical (unpaired) electrons. The minimum absolute atomic E-state index is 0.0294. The molecule has 13 nitrogen and oxygen atoms in total. The Labute approximate surface area is 226 Å². The van der Waals surface area contributed by atoms with Crippen LogP contribution in [-0.2, 0) is 28.7 Å². The molecule has 0 rings (SSSR count). The first kappa shape index (κ1) is 35.2. The topological polar surface area (TPSA) is 184 Å². The quantitative estimate of drug-likeness (QED) is 0.0657. The lowest BCUT2D eigenvalue weighted by Gasteiger charge is -2.18. The zero-order valence-corrected chi connectivity index (χ0v) is 23.4. The minimum Gasteiger partial charge on any atom is -0.469 e. The van der Waals surface area contributed by atoms with Crippen molar-refractivity contribution in [3.63, 3.8) is 0 Å². The molecule has 13 heteroatoms. The SMILES string of the molecule is CNC(=O)CCNCCNC(=O)CCN(C)CCC(=O)NCCC(CCC(=O)NCCN)CCC(=O)OC. The van der Waals surface area contributed by atoms with Crippen molar-refractivity contribution >= 4 is 29.6 Å². The van der Waals surface area contributed by atoms with Gasteiger partial charge in [0.2, 0.25) is 23.6 Å². The molecule has 0 fully saturated rings. The van der Waals surface area contributed by atoms with E-state index >= 15 is 0 Å². The smallest absolute Gasteiger partial charge is 0.305 e. The molecule has 0 saturated carbocycles. The zero-order chi connectivity index (χ0) is 28.6. The Morgan fingerprint density at radius 2 is 1.29 bits per heavy atom. The maximum absolute atomic E-state index is 12.3. The van der Waals surface area contributed by atoms with Gasteiger partial charge in [0.05, 0.1) is 7.11 Å². The second-order valence-electron chi connectivity index (χ2n) is 9.12. The molecule has 1 atom stereocenters.